The van der Waals surface area contributed by atoms with Gasteiger partial charge in [0.05, 0.1) is 17.7 Å². The molecule has 3 saturated heterocycles. The van der Waals surface area contributed by atoms with E-state index >= 15 is 0 Å². The molecule has 0 aromatic rings. The second-order valence-electron chi connectivity index (χ2n) is 7.30. The molecule has 0 aliphatic carbocycles. The molecule has 0 bridgehead atoms. The fourth-order valence-corrected chi connectivity index (χ4v) is 4.59. The monoisotopic (exact) mass is 293 g/mol. The Morgan fingerprint density at radius 3 is 2.71 bits per heavy atom. The van der Waals surface area contributed by atoms with Crippen LogP contribution in [0.4, 0.5) is 0 Å². The largest absolute Gasteiger partial charge is 0.321 e. The van der Waals surface area contributed by atoms with E-state index in [1.165, 1.54) is 32.4 Å². The van der Waals surface area contributed by atoms with Gasteiger partial charge in [-0.05, 0) is 45.6 Å². The molecule has 3 fully saturated rings. The van der Waals surface area contributed by atoms with E-state index in [0.29, 0.717) is 18.0 Å². The van der Waals surface area contributed by atoms with Gasteiger partial charge < -0.3 is 4.90 Å². The first-order valence-electron chi connectivity index (χ1n) is 8.95. The Labute approximate surface area is 129 Å². The Kier molecular flexibility index (Phi) is 4.28. The normalized spacial score (nSPS) is 40.8. The van der Waals surface area contributed by atoms with Crippen molar-refractivity contribution < 1.29 is 4.79 Å². The summed E-state index contributed by atoms with van der Waals surface area (Å²) in [6.07, 6.45) is 8.43. The molecule has 0 spiro atoms. The van der Waals surface area contributed by atoms with Crippen molar-refractivity contribution in [3.8, 4) is 0 Å². The summed E-state index contributed by atoms with van der Waals surface area (Å²) in [4.78, 5) is 17.9. The number of nitrogens with one attached hydrogen (secondary N) is 1. The van der Waals surface area contributed by atoms with Gasteiger partial charge in [0.25, 0.3) is 0 Å². The van der Waals surface area contributed by atoms with Gasteiger partial charge >= 0.3 is 0 Å². The summed E-state index contributed by atoms with van der Waals surface area (Å²) in [6, 6.07) is 1.05. The average molecular weight is 293 g/mol. The lowest BCUT2D eigenvalue weighted by Gasteiger charge is -2.38. The standard InChI is InChI=1S/C17H31N3O/c1-4-8-15-18-17(3,5-2)16(21)20(15)14-10-12-19-11-7-6-9-13(14)19/h13-15,18H,4-12H2,1-3H3. The summed E-state index contributed by atoms with van der Waals surface area (Å²) in [5, 5.41) is 3.65. The smallest absolute Gasteiger partial charge is 0.244 e. The molecule has 4 unspecified atom stereocenters. The molecule has 4 heteroatoms. The summed E-state index contributed by atoms with van der Waals surface area (Å²) in [6.45, 7) is 8.85. The van der Waals surface area contributed by atoms with Gasteiger partial charge in [0.15, 0.2) is 0 Å². The molecule has 120 valence electrons. The number of carbonyl (C=O) groups is 1. The maximum Gasteiger partial charge on any atom is 0.244 e. The zero-order chi connectivity index (χ0) is 15.0. The van der Waals surface area contributed by atoms with Gasteiger partial charge in [-0.25, -0.2) is 0 Å². The van der Waals surface area contributed by atoms with Crippen LogP contribution in [-0.2, 0) is 4.79 Å². The first-order valence-corrected chi connectivity index (χ1v) is 8.95. The molecule has 0 saturated carbocycles. The van der Waals surface area contributed by atoms with Crippen LogP contribution in [0, 0.1) is 0 Å². The van der Waals surface area contributed by atoms with Crippen molar-refractivity contribution >= 4 is 5.91 Å². The average Bonchev–Trinajstić information content (AvgIpc) is 3.01. The number of piperidine rings is 1. The maximum absolute atomic E-state index is 13.0. The van der Waals surface area contributed by atoms with E-state index in [4.69, 9.17) is 0 Å². The molecular formula is C17H31N3O. The van der Waals surface area contributed by atoms with Gasteiger partial charge in [-0.2, -0.15) is 0 Å². The molecule has 21 heavy (non-hydrogen) atoms. The van der Waals surface area contributed by atoms with Crippen molar-refractivity contribution in [1.82, 2.24) is 15.1 Å². The molecule has 1 N–H and O–H groups in total. The number of hydrogen-bond donors (Lipinski definition) is 1. The van der Waals surface area contributed by atoms with Crippen molar-refractivity contribution in [1.29, 1.82) is 0 Å². The summed E-state index contributed by atoms with van der Waals surface area (Å²) < 4.78 is 0. The molecule has 0 radical (unpaired) electrons. The third-order valence-electron chi connectivity index (χ3n) is 5.97. The summed E-state index contributed by atoms with van der Waals surface area (Å²) in [5.41, 5.74) is -0.345. The number of fused-ring (bicyclic) bond motifs is 1. The fourth-order valence-electron chi connectivity index (χ4n) is 4.59. The Morgan fingerprint density at radius 1 is 1.19 bits per heavy atom. The summed E-state index contributed by atoms with van der Waals surface area (Å²) in [5.74, 6) is 0.348. The van der Waals surface area contributed by atoms with Gasteiger partial charge in [-0.1, -0.05) is 26.7 Å². The molecule has 3 aliphatic heterocycles. The summed E-state index contributed by atoms with van der Waals surface area (Å²) in [7, 11) is 0. The van der Waals surface area contributed by atoms with E-state index in [2.05, 4.69) is 35.9 Å². The van der Waals surface area contributed by atoms with Gasteiger partial charge in [0, 0.05) is 12.6 Å². The number of nitrogens with zero attached hydrogens (tertiary/aromatic N) is 2. The van der Waals surface area contributed by atoms with Crippen LogP contribution >= 0.6 is 0 Å². The fraction of sp³-hybridized carbons (Fsp3) is 0.941. The van der Waals surface area contributed by atoms with Crippen LogP contribution in [0.2, 0.25) is 0 Å². The van der Waals surface area contributed by atoms with Crippen LogP contribution < -0.4 is 5.32 Å². The van der Waals surface area contributed by atoms with Gasteiger partial charge in [0.1, 0.15) is 0 Å². The number of carbonyl (C=O) groups excluding carboxylic acids is 1. The zero-order valence-corrected chi connectivity index (χ0v) is 13.9. The van der Waals surface area contributed by atoms with Crippen LogP contribution in [0.1, 0.15) is 65.7 Å². The number of amides is 1. The Hall–Kier alpha value is -0.610. The van der Waals surface area contributed by atoms with Crippen LogP contribution in [-0.4, -0.2) is 52.6 Å². The highest BCUT2D eigenvalue weighted by Crippen LogP contribution is 2.36. The Balaban J connectivity index is 1.82. The molecule has 4 atom stereocenters. The third-order valence-corrected chi connectivity index (χ3v) is 5.97. The van der Waals surface area contributed by atoms with Gasteiger partial charge in [-0.15, -0.1) is 0 Å². The molecule has 0 aromatic heterocycles. The Bertz CT molecular complexity index is 399. The predicted octanol–water partition coefficient (Wildman–Crippen LogP) is 2.34. The van der Waals surface area contributed by atoms with E-state index < -0.39 is 0 Å². The van der Waals surface area contributed by atoms with E-state index in [0.717, 1.165) is 25.7 Å². The van der Waals surface area contributed by atoms with Crippen molar-refractivity contribution in [2.75, 3.05) is 13.1 Å². The minimum absolute atomic E-state index is 0.249. The van der Waals surface area contributed by atoms with Crippen LogP contribution in [0.15, 0.2) is 0 Å². The van der Waals surface area contributed by atoms with Crippen LogP contribution in [0.3, 0.4) is 0 Å². The minimum Gasteiger partial charge on any atom is -0.321 e. The predicted molar refractivity (Wildman–Crippen MR) is 85.0 cm³/mol. The highest BCUT2D eigenvalue weighted by atomic mass is 16.2. The maximum atomic E-state index is 13.0. The van der Waals surface area contributed by atoms with E-state index in [1.807, 2.05) is 0 Å². The van der Waals surface area contributed by atoms with Crippen LogP contribution in [0.25, 0.3) is 0 Å². The highest BCUT2D eigenvalue weighted by Gasteiger charge is 2.52. The first-order chi connectivity index (χ1) is 10.1. The topological polar surface area (TPSA) is 35.6 Å². The Morgan fingerprint density at radius 2 is 2.00 bits per heavy atom. The van der Waals surface area contributed by atoms with E-state index in [-0.39, 0.29) is 11.7 Å². The molecule has 3 rings (SSSR count). The number of rotatable bonds is 4. The second-order valence-corrected chi connectivity index (χ2v) is 7.30. The SMILES string of the molecule is CCCC1NC(C)(CC)C(=O)N1C1CCN2CCCCC12. The van der Waals surface area contributed by atoms with E-state index in [9.17, 15) is 4.79 Å². The molecule has 3 heterocycles. The van der Waals surface area contributed by atoms with E-state index in [1.54, 1.807) is 0 Å². The van der Waals surface area contributed by atoms with Crippen molar-refractivity contribution in [3.63, 3.8) is 0 Å². The second kappa shape index (κ2) is 5.88. The van der Waals surface area contributed by atoms with Gasteiger partial charge in [-0.3, -0.25) is 15.0 Å². The number of hydrogen-bond acceptors (Lipinski definition) is 3. The molecule has 1 amide bonds. The minimum atomic E-state index is -0.345. The van der Waals surface area contributed by atoms with Crippen molar-refractivity contribution in [2.24, 2.45) is 0 Å². The molecule has 0 aromatic carbocycles. The molecule has 3 aliphatic rings. The highest BCUT2D eigenvalue weighted by molar-refractivity contribution is 5.88. The molecule has 4 nitrogen and oxygen atoms in total. The van der Waals surface area contributed by atoms with Crippen molar-refractivity contribution in [3.05, 3.63) is 0 Å². The van der Waals surface area contributed by atoms with Gasteiger partial charge in [0.2, 0.25) is 5.91 Å². The third kappa shape index (κ3) is 2.50. The van der Waals surface area contributed by atoms with Crippen molar-refractivity contribution in [2.45, 2.75) is 89.5 Å². The molecular weight excluding hydrogens is 262 g/mol. The lowest BCUT2D eigenvalue weighted by molar-refractivity contribution is -0.135. The summed E-state index contributed by atoms with van der Waals surface area (Å²) >= 11 is 0. The zero-order valence-electron chi connectivity index (χ0n) is 13.9. The quantitative estimate of drug-likeness (QED) is 0.864. The lowest BCUT2D eigenvalue weighted by atomic mass is 9.95. The first kappa shape index (κ1) is 15.3. The lowest BCUT2D eigenvalue weighted by Crippen LogP contribution is -2.52. The van der Waals surface area contributed by atoms with Crippen LogP contribution in [0.5, 0.6) is 0 Å².